The zero-order valence-corrected chi connectivity index (χ0v) is 19.3. The molecule has 0 spiro atoms. The third kappa shape index (κ3) is 3.91. The van der Waals surface area contributed by atoms with Gasteiger partial charge in [0.25, 0.3) is 0 Å². The van der Waals surface area contributed by atoms with Gasteiger partial charge in [0, 0.05) is 5.46 Å². The summed E-state index contributed by atoms with van der Waals surface area (Å²) in [6.07, 6.45) is 0. The van der Waals surface area contributed by atoms with Crippen LogP contribution in [0, 0.1) is 17.5 Å². The molecule has 1 aliphatic rings. The van der Waals surface area contributed by atoms with Crippen molar-refractivity contribution in [2.24, 2.45) is 0 Å². The van der Waals surface area contributed by atoms with Gasteiger partial charge in [0.1, 0.15) is 17.5 Å². The first kappa shape index (κ1) is 23.1. The van der Waals surface area contributed by atoms with E-state index in [4.69, 9.17) is 16.9 Å². The summed E-state index contributed by atoms with van der Waals surface area (Å²) in [4.78, 5) is 0. The molecular weight excluding hydrogens is 430 g/mol. The van der Waals surface area contributed by atoms with Gasteiger partial charge in [-0.05, 0) is 94.4 Å². The van der Waals surface area contributed by atoms with Gasteiger partial charge in [-0.15, -0.1) is 0 Å². The highest BCUT2D eigenvalue weighted by atomic mass is 31.2. The molecule has 0 unspecified atom stereocenters. The molecule has 0 aliphatic carbocycles. The van der Waals surface area contributed by atoms with Crippen LogP contribution in [0.4, 0.5) is 13.2 Å². The second kappa shape index (κ2) is 8.06. The minimum atomic E-state index is -2.92. The molecule has 3 aromatic carbocycles. The van der Waals surface area contributed by atoms with Crippen molar-refractivity contribution in [3.8, 4) is 0 Å². The van der Waals surface area contributed by atoms with E-state index in [9.17, 15) is 13.2 Å². The fraction of sp³-hybridized carbons (Fsp3) is 0.250. The average molecular weight is 453 g/mol. The molecule has 0 aromatic heterocycles. The number of hydrogen-bond donors (Lipinski definition) is 0. The highest BCUT2D eigenvalue weighted by molar-refractivity contribution is 8.13. The lowest BCUT2D eigenvalue weighted by Gasteiger charge is -2.32. The lowest BCUT2D eigenvalue weighted by atomic mass is 9.79. The Morgan fingerprint density at radius 3 is 1.53 bits per heavy atom. The number of hydrogen-bond acceptors (Lipinski definition) is 2. The molecule has 0 bridgehead atoms. The monoisotopic (exact) mass is 453 g/mol. The van der Waals surface area contributed by atoms with E-state index in [-0.39, 0.29) is 0 Å². The van der Waals surface area contributed by atoms with Crippen LogP contribution in [0.15, 0.2) is 66.7 Å². The Labute approximate surface area is 189 Å². The molecule has 0 atom stereocenters. The van der Waals surface area contributed by atoms with Crippen molar-refractivity contribution < 1.29 is 22.5 Å². The molecule has 162 valence electrons. The van der Waals surface area contributed by atoms with Crippen molar-refractivity contribution in [1.82, 2.24) is 0 Å². The van der Waals surface area contributed by atoms with Gasteiger partial charge < -0.3 is 9.31 Å². The summed E-state index contributed by atoms with van der Waals surface area (Å²) in [5.41, 5.74) is -0.807. The van der Waals surface area contributed by atoms with Gasteiger partial charge in [0.05, 0.1) is 34.3 Å². The predicted molar refractivity (Wildman–Crippen MR) is 126 cm³/mol. The third-order valence-corrected chi connectivity index (χ3v) is 9.74. The van der Waals surface area contributed by atoms with Gasteiger partial charge in [-0.1, -0.05) is 0 Å². The Kier molecular flexibility index (Phi) is 5.82. The molecule has 0 amide bonds. The van der Waals surface area contributed by atoms with Gasteiger partial charge in [0.15, 0.2) is 0 Å². The van der Waals surface area contributed by atoms with E-state index in [0.717, 1.165) is 0 Å². The van der Waals surface area contributed by atoms with Gasteiger partial charge in [-0.3, -0.25) is 0 Å². The summed E-state index contributed by atoms with van der Waals surface area (Å²) >= 11 is 0. The van der Waals surface area contributed by atoms with Crippen LogP contribution in [-0.4, -0.2) is 25.9 Å². The molecule has 1 heterocycles. The van der Waals surface area contributed by atoms with E-state index in [1.807, 2.05) is 27.7 Å². The Hall–Kier alpha value is -2.07. The molecule has 3 aromatic rings. The van der Waals surface area contributed by atoms with Crippen LogP contribution in [0.5, 0.6) is 0 Å². The molecule has 8 heteroatoms. The van der Waals surface area contributed by atoms with E-state index < -0.39 is 42.9 Å². The Balaban J connectivity index is 1.95. The fourth-order valence-corrected chi connectivity index (χ4v) is 6.77. The summed E-state index contributed by atoms with van der Waals surface area (Å²) in [6.45, 7) is 7.65. The van der Waals surface area contributed by atoms with Gasteiger partial charge >= 0.3 is 14.7 Å². The first-order valence-electron chi connectivity index (χ1n) is 10.3. The first-order chi connectivity index (χ1) is 14.9. The van der Waals surface area contributed by atoms with E-state index in [2.05, 4.69) is 0 Å². The van der Waals surface area contributed by atoms with Crippen molar-refractivity contribution in [2.75, 3.05) is 0 Å². The Bertz CT molecular complexity index is 1070. The molecule has 2 radical (unpaired) electrons. The normalized spacial score (nSPS) is 17.5. The summed E-state index contributed by atoms with van der Waals surface area (Å²) in [5, 5.41) is 1.94. The number of halogens is 3. The van der Waals surface area contributed by atoms with Crippen LogP contribution >= 0.6 is 7.14 Å². The topological polar surface area (TPSA) is 18.5 Å². The molecule has 2 nitrogen and oxygen atoms in total. The summed E-state index contributed by atoms with van der Waals surface area (Å²) < 4.78 is 54.3. The predicted octanol–water partition coefficient (Wildman–Crippen LogP) is 3.78. The van der Waals surface area contributed by atoms with Crippen molar-refractivity contribution >= 4 is 43.2 Å². The van der Waals surface area contributed by atoms with Crippen molar-refractivity contribution in [2.45, 2.75) is 38.9 Å². The second-order valence-corrected chi connectivity index (χ2v) is 11.9. The molecule has 1 aliphatic heterocycles. The van der Waals surface area contributed by atoms with Crippen LogP contribution in [0.1, 0.15) is 27.7 Å². The third-order valence-electron chi connectivity index (χ3n) is 6.34. The zero-order valence-electron chi connectivity index (χ0n) is 18.4. The maximum Gasteiger partial charge on any atom is 0.498 e. The lowest BCUT2D eigenvalue weighted by Crippen LogP contribution is -2.48. The highest BCUT2D eigenvalue weighted by Crippen LogP contribution is 2.50. The number of rotatable bonds is 4. The van der Waals surface area contributed by atoms with Gasteiger partial charge in [-0.2, -0.15) is 0 Å². The SMILES string of the molecule is [B][P+](c1ccc(F)cc1)(c1ccc(F)cc1)c1ccc(F)cc1B1OC(C)(C)C(C)(C)O1. The summed E-state index contributed by atoms with van der Waals surface area (Å²) in [6, 6.07) is 16.1. The second-order valence-electron chi connectivity index (χ2n) is 8.97. The maximum atomic E-state index is 14.4. The summed E-state index contributed by atoms with van der Waals surface area (Å²) in [5.74, 6) is -1.25. The highest BCUT2D eigenvalue weighted by Gasteiger charge is 2.54. The van der Waals surface area contributed by atoms with Crippen LogP contribution in [0.25, 0.3) is 0 Å². The van der Waals surface area contributed by atoms with E-state index in [1.165, 1.54) is 36.4 Å². The maximum absolute atomic E-state index is 14.4. The molecule has 0 saturated carbocycles. The molecule has 1 fully saturated rings. The quantitative estimate of drug-likeness (QED) is 0.443. The van der Waals surface area contributed by atoms with E-state index in [1.54, 1.807) is 30.3 Å². The first-order valence-corrected chi connectivity index (χ1v) is 12.2. The molecule has 1 saturated heterocycles. The van der Waals surface area contributed by atoms with Gasteiger partial charge in [-0.25, -0.2) is 13.2 Å². The standard InChI is InChI=1S/C24H23B2F3O2P/c1-23(2)24(3,4)31-26(30-23)21-15-18(29)9-14-22(21)32(25,19-10-5-16(27)6-11-19)20-12-7-17(28)8-13-20/h5-15H,1-4H3/q+1. The number of benzene rings is 3. The Morgan fingerprint density at radius 1 is 0.688 bits per heavy atom. The smallest absolute Gasteiger partial charge is 0.399 e. The lowest BCUT2D eigenvalue weighted by molar-refractivity contribution is 0.00578. The summed E-state index contributed by atoms with van der Waals surface area (Å²) in [7, 11) is 3.38. The van der Waals surface area contributed by atoms with Crippen LogP contribution in [0.2, 0.25) is 0 Å². The Morgan fingerprint density at radius 2 is 1.09 bits per heavy atom. The van der Waals surface area contributed by atoms with Crippen LogP contribution < -0.4 is 21.4 Å². The largest absolute Gasteiger partial charge is 0.498 e. The van der Waals surface area contributed by atoms with E-state index in [0.29, 0.717) is 21.4 Å². The van der Waals surface area contributed by atoms with E-state index >= 15 is 0 Å². The minimum absolute atomic E-state index is 0.398. The minimum Gasteiger partial charge on any atom is -0.399 e. The van der Waals surface area contributed by atoms with Crippen LogP contribution in [0.3, 0.4) is 0 Å². The zero-order chi connectivity index (χ0) is 23.3. The van der Waals surface area contributed by atoms with Crippen LogP contribution in [-0.2, 0) is 9.31 Å². The molecule has 4 rings (SSSR count). The molecular formula is C24H23B2F3O2P+. The molecule has 0 N–H and O–H groups in total. The van der Waals surface area contributed by atoms with Crippen molar-refractivity contribution in [3.05, 3.63) is 84.2 Å². The average Bonchev–Trinajstić information content (AvgIpc) is 2.95. The van der Waals surface area contributed by atoms with Crippen molar-refractivity contribution in [3.63, 3.8) is 0 Å². The fourth-order valence-electron chi connectivity index (χ4n) is 3.79. The van der Waals surface area contributed by atoms with Crippen molar-refractivity contribution in [1.29, 1.82) is 0 Å². The molecule has 32 heavy (non-hydrogen) atoms. The van der Waals surface area contributed by atoms with Gasteiger partial charge in [0.2, 0.25) is 0 Å².